The Morgan fingerprint density at radius 2 is 1.94 bits per heavy atom. The van der Waals surface area contributed by atoms with Crippen molar-refractivity contribution in [2.75, 3.05) is 0 Å². The zero-order chi connectivity index (χ0) is 11.2. The van der Waals surface area contributed by atoms with Gasteiger partial charge in [0.1, 0.15) is 6.10 Å². The highest BCUT2D eigenvalue weighted by atomic mass is 16.5. The molecule has 4 nitrogen and oxygen atoms in total. The quantitative estimate of drug-likeness (QED) is 0.793. The van der Waals surface area contributed by atoms with Gasteiger partial charge in [-0.3, -0.25) is 4.98 Å². The van der Waals surface area contributed by atoms with E-state index in [9.17, 15) is 0 Å². The van der Waals surface area contributed by atoms with Gasteiger partial charge in [0.05, 0.1) is 11.9 Å². The minimum Gasteiger partial charge on any atom is -0.473 e. The molecule has 0 bridgehead atoms. The molecule has 0 atom stereocenters. The number of aromatic nitrogens is 2. The molecule has 2 rings (SSSR count). The van der Waals surface area contributed by atoms with Crippen LogP contribution < -0.4 is 10.5 Å². The maximum atomic E-state index is 5.85. The molecule has 0 spiro atoms. The fourth-order valence-electron chi connectivity index (χ4n) is 2.07. The molecule has 16 heavy (non-hydrogen) atoms. The average Bonchev–Trinajstić information content (AvgIpc) is 2.58. The molecule has 0 aromatic carbocycles. The van der Waals surface area contributed by atoms with Gasteiger partial charge in [-0.05, 0) is 25.7 Å². The zero-order valence-corrected chi connectivity index (χ0v) is 9.56. The van der Waals surface area contributed by atoms with Gasteiger partial charge in [0, 0.05) is 12.7 Å². The Morgan fingerprint density at radius 1 is 1.19 bits per heavy atom. The van der Waals surface area contributed by atoms with Crippen molar-refractivity contribution in [1.29, 1.82) is 0 Å². The first kappa shape index (κ1) is 11.3. The number of hydrogen-bond acceptors (Lipinski definition) is 4. The van der Waals surface area contributed by atoms with Crippen LogP contribution in [0.4, 0.5) is 0 Å². The molecule has 0 amide bonds. The van der Waals surface area contributed by atoms with Crippen LogP contribution in [0.3, 0.4) is 0 Å². The van der Waals surface area contributed by atoms with E-state index < -0.39 is 0 Å². The molecule has 1 aliphatic carbocycles. The fraction of sp³-hybridized carbons (Fsp3) is 0.667. The highest BCUT2D eigenvalue weighted by molar-refractivity contribution is 5.08. The van der Waals surface area contributed by atoms with Crippen LogP contribution in [0, 0.1) is 0 Å². The van der Waals surface area contributed by atoms with Crippen LogP contribution in [0.2, 0.25) is 0 Å². The molecule has 4 heteroatoms. The molecule has 0 saturated heterocycles. The van der Waals surface area contributed by atoms with Gasteiger partial charge in [0.25, 0.3) is 0 Å². The van der Waals surface area contributed by atoms with E-state index in [2.05, 4.69) is 9.97 Å². The van der Waals surface area contributed by atoms with Crippen molar-refractivity contribution in [3.63, 3.8) is 0 Å². The summed E-state index contributed by atoms with van der Waals surface area (Å²) in [7, 11) is 0. The van der Waals surface area contributed by atoms with E-state index in [4.69, 9.17) is 10.5 Å². The van der Waals surface area contributed by atoms with Crippen LogP contribution in [0.5, 0.6) is 5.88 Å². The molecule has 0 radical (unpaired) electrons. The minimum atomic E-state index is 0.310. The lowest BCUT2D eigenvalue weighted by Gasteiger charge is -2.15. The molecule has 1 aliphatic rings. The van der Waals surface area contributed by atoms with E-state index in [1.807, 2.05) is 0 Å². The number of rotatable bonds is 3. The Kier molecular flexibility index (Phi) is 4.10. The van der Waals surface area contributed by atoms with Gasteiger partial charge in [0.2, 0.25) is 5.88 Å². The van der Waals surface area contributed by atoms with Crippen LogP contribution in [0.25, 0.3) is 0 Å². The number of nitrogens with zero attached hydrogens (tertiary/aromatic N) is 2. The predicted molar refractivity (Wildman–Crippen MR) is 62.0 cm³/mol. The lowest BCUT2D eigenvalue weighted by atomic mass is 10.1. The first-order valence-corrected chi connectivity index (χ1v) is 6.06. The van der Waals surface area contributed by atoms with Crippen LogP contribution in [0.1, 0.15) is 44.2 Å². The summed E-state index contributed by atoms with van der Waals surface area (Å²) < 4.78 is 5.85. The van der Waals surface area contributed by atoms with Gasteiger partial charge < -0.3 is 10.5 Å². The lowest BCUT2D eigenvalue weighted by Crippen LogP contribution is -2.16. The maximum Gasteiger partial charge on any atom is 0.232 e. The van der Waals surface area contributed by atoms with Crippen molar-refractivity contribution in [2.45, 2.75) is 51.2 Å². The van der Waals surface area contributed by atoms with Crippen molar-refractivity contribution in [1.82, 2.24) is 9.97 Å². The molecular formula is C12H19N3O. The van der Waals surface area contributed by atoms with Crippen molar-refractivity contribution in [2.24, 2.45) is 5.73 Å². The molecule has 0 unspecified atom stereocenters. The Hall–Kier alpha value is -1.16. The Morgan fingerprint density at radius 3 is 2.62 bits per heavy atom. The van der Waals surface area contributed by atoms with E-state index in [0.717, 1.165) is 18.5 Å². The van der Waals surface area contributed by atoms with Gasteiger partial charge in [-0.25, -0.2) is 4.98 Å². The predicted octanol–water partition coefficient (Wildman–Crippen LogP) is 2.04. The van der Waals surface area contributed by atoms with Crippen LogP contribution in [0.15, 0.2) is 12.4 Å². The number of hydrogen-bond donors (Lipinski definition) is 1. The Labute approximate surface area is 96.2 Å². The zero-order valence-electron chi connectivity index (χ0n) is 9.56. The first-order valence-electron chi connectivity index (χ1n) is 6.06. The van der Waals surface area contributed by atoms with Crippen LogP contribution in [-0.2, 0) is 6.54 Å². The highest BCUT2D eigenvalue weighted by Gasteiger charge is 2.14. The standard InChI is InChI=1S/C12H19N3O/c13-7-10-8-14-9-12(15-10)16-11-5-3-1-2-4-6-11/h8-9,11H,1-7,13H2. The fourth-order valence-corrected chi connectivity index (χ4v) is 2.07. The summed E-state index contributed by atoms with van der Waals surface area (Å²) in [4.78, 5) is 8.38. The largest absolute Gasteiger partial charge is 0.473 e. The smallest absolute Gasteiger partial charge is 0.232 e. The summed E-state index contributed by atoms with van der Waals surface area (Å²) in [6, 6.07) is 0. The average molecular weight is 221 g/mol. The van der Waals surface area contributed by atoms with E-state index in [1.165, 1.54) is 25.7 Å². The normalized spacial score (nSPS) is 18.1. The van der Waals surface area contributed by atoms with Gasteiger partial charge in [-0.15, -0.1) is 0 Å². The Balaban J connectivity index is 1.96. The summed E-state index contributed by atoms with van der Waals surface area (Å²) >= 11 is 0. The second-order valence-electron chi connectivity index (χ2n) is 4.28. The van der Waals surface area contributed by atoms with Crippen LogP contribution >= 0.6 is 0 Å². The monoisotopic (exact) mass is 221 g/mol. The molecule has 1 heterocycles. The first-order chi connectivity index (χ1) is 7.88. The molecule has 88 valence electrons. The second-order valence-corrected chi connectivity index (χ2v) is 4.28. The van der Waals surface area contributed by atoms with Crippen molar-refractivity contribution in [3.05, 3.63) is 18.1 Å². The molecule has 2 N–H and O–H groups in total. The summed E-state index contributed by atoms with van der Waals surface area (Å²) in [5.41, 5.74) is 6.30. The topological polar surface area (TPSA) is 61.0 Å². The van der Waals surface area contributed by atoms with Crippen LogP contribution in [-0.4, -0.2) is 16.1 Å². The molecule has 1 aromatic heterocycles. The summed E-state index contributed by atoms with van der Waals surface area (Å²) in [5, 5.41) is 0. The van der Waals surface area contributed by atoms with E-state index >= 15 is 0 Å². The van der Waals surface area contributed by atoms with Crippen molar-refractivity contribution < 1.29 is 4.74 Å². The van der Waals surface area contributed by atoms with Gasteiger partial charge >= 0.3 is 0 Å². The molecule has 1 fully saturated rings. The highest BCUT2D eigenvalue weighted by Crippen LogP contribution is 2.21. The summed E-state index contributed by atoms with van der Waals surface area (Å²) in [6.45, 7) is 0.412. The Bertz CT molecular complexity index is 322. The molecule has 1 saturated carbocycles. The number of ether oxygens (including phenoxy) is 1. The minimum absolute atomic E-state index is 0.310. The van der Waals surface area contributed by atoms with E-state index in [-0.39, 0.29) is 0 Å². The third-order valence-corrected chi connectivity index (χ3v) is 2.96. The SMILES string of the molecule is NCc1cncc(OC2CCCCCC2)n1. The van der Waals surface area contributed by atoms with Gasteiger partial charge in [-0.1, -0.05) is 12.8 Å². The molecule has 0 aliphatic heterocycles. The van der Waals surface area contributed by atoms with Gasteiger partial charge in [-0.2, -0.15) is 0 Å². The molecule has 1 aromatic rings. The summed E-state index contributed by atoms with van der Waals surface area (Å²) in [6.07, 6.45) is 11.1. The van der Waals surface area contributed by atoms with E-state index in [1.54, 1.807) is 12.4 Å². The summed E-state index contributed by atoms with van der Waals surface area (Å²) in [5.74, 6) is 0.620. The van der Waals surface area contributed by atoms with Gasteiger partial charge in [0.15, 0.2) is 0 Å². The maximum absolute atomic E-state index is 5.85. The van der Waals surface area contributed by atoms with Crippen molar-refractivity contribution in [3.8, 4) is 5.88 Å². The lowest BCUT2D eigenvalue weighted by molar-refractivity contribution is 0.175. The number of nitrogens with two attached hydrogens (primary N) is 1. The molecular weight excluding hydrogens is 202 g/mol. The third-order valence-electron chi connectivity index (χ3n) is 2.96. The third kappa shape index (κ3) is 3.17. The second kappa shape index (κ2) is 5.80. The van der Waals surface area contributed by atoms with E-state index in [0.29, 0.717) is 18.5 Å². The van der Waals surface area contributed by atoms with Crippen molar-refractivity contribution >= 4 is 0 Å².